The van der Waals surface area contributed by atoms with Gasteiger partial charge in [0, 0.05) is 23.2 Å². The number of amides is 2. The first kappa shape index (κ1) is 16.5. The van der Waals surface area contributed by atoms with E-state index in [0.717, 1.165) is 44.7 Å². The van der Waals surface area contributed by atoms with E-state index in [0.29, 0.717) is 25.6 Å². The van der Waals surface area contributed by atoms with Crippen LogP contribution in [-0.2, 0) is 13.0 Å². The van der Waals surface area contributed by atoms with Crippen LogP contribution in [0.25, 0.3) is 10.2 Å². The Hall–Kier alpha value is -2.67. The molecule has 6 nitrogen and oxygen atoms in total. The minimum absolute atomic E-state index is 0.0812. The Morgan fingerprint density at radius 2 is 2.19 bits per heavy atom. The molecule has 1 aliphatic heterocycles. The first-order valence-corrected chi connectivity index (χ1v) is 10.1. The summed E-state index contributed by atoms with van der Waals surface area (Å²) < 4.78 is 1.78. The minimum atomic E-state index is -0.105. The van der Waals surface area contributed by atoms with Crippen LogP contribution >= 0.6 is 11.3 Å². The predicted octanol–water partition coefficient (Wildman–Crippen LogP) is 3.69. The molecule has 3 aromatic rings. The molecule has 2 aliphatic rings. The van der Waals surface area contributed by atoms with E-state index in [2.05, 4.69) is 10.3 Å². The predicted molar refractivity (Wildman–Crippen MR) is 106 cm³/mol. The molecule has 1 fully saturated rings. The van der Waals surface area contributed by atoms with Gasteiger partial charge in [-0.3, -0.25) is 9.36 Å². The third-order valence-corrected chi connectivity index (χ3v) is 6.41. The molecule has 0 saturated heterocycles. The molecule has 27 heavy (non-hydrogen) atoms. The van der Waals surface area contributed by atoms with Gasteiger partial charge in [0.2, 0.25) is 0 Å². The first-order valence-electron chi connectivity index (χ1n) is 9.24. The van der Waals surface area contributed by atoms with Crippen LogP contribution in [0.3, 0.4) is 0 Å². The van der Waals surface area contributed by atoms with Crippen LogP contribution in [0, 0.1) is 6.92 Å². The Bertz CT molecular complexity index is 1110. The number of urea groups is 1. The fraction of sp³-hybridized carbons (Fsp3) is 0.350. The van der Waals surface area contributed by atoms with Gasteiger partial charge in [0.15, 0.2) is 0 Å². The van der Waals surface area contributed by atoms with Crippen molar-refractivity contribution in [2.24, 2.45) is 0 Å². The summed E-state index contributed by atoms with van der Waals surface area (Å²) >= 11 is 1.54. The molecule has 0 spiro atoms. The molecule has 1 aromatic carbocycles. The fourth-order valence-corrected chi connectivity index (χ4v) is 4.90. The molecule has 0 bridgehead atoms. The Morgan fingerprint density at radius 1 is 1.33 bits per heavy atom. The van der Waals surface area contributed by atoms with Crippen LogP contribution in [0.4, 0.5) is 10.5 Å². The van der Waals surface area contributed by atoms with Crippen LogP contribution in [0.2, 0.25) is 0 Å². The molecule has 138 valence electrons. The number of thiophene rings is 1. The molecule has 1 saturated carbocycles. The zero-order valence-electron chi connectivity index (χ0n) is 15.1. The molecule has 0 unspecified atom stereocenters. The minimum Gasteiger partial charge on any atom is -0.319 e. The summed E-state index contributed by atoms with van der Waals surface area (Å²) in [5, 5.41) is 3.74. The maximum Gasteiger partial charge on any atom is 0.322 e. The second kappa shape index (κ2) is 6.20. The number of aryl methyl sites for hydroxylation is 1. The van der Waals surface area contributed by atoms with Gasteiger partial charge in [-0.05, 0) is 49.4 Å². The highest BCUT2D eigenvalue weighted by molar-refractivity contribution is 7.18. The molecule has 1 N–H and O–H groups in total. The van der Waals surface area contributed by atoms with E-state index < -0.39 is 0 Å². The normalized spacial score (nSPS) is 16.4. The number of carbonyl (C=O) groups excluding carboxylic acids is 1. The second-order valence-corrected chi connectivity index (χ2v) is 8.43. The number of aromatic nitrogens is 2. The SMILES string of the molecule is Cc1cccc(NC(=O)N2CCc3c(sc4ncn(C5CC5)c(=O)c34)C2)c1. The molecular weight excluding hydrogens is 360 g/mol. The third kappa shape index (κ3) is 2.92. The summed E-state index contributed by atoms with van der Waals surface area (Å²) in [5.41, 5.74) is 3.08. The summed E-state index contributed by atoms with van der Waals surface area (Å²) in [6.07, 6.45) is 4.51. The molecule has 7 heteroatoms. The van der Waals surface area contributed by atoms with Crippen LogP contribution in [0.1, 0.15) is 34.9 Å². The Morgan fingerprint density at radius 3 is 2.96 bits per heavy atom. The van der Waals surface area contributed by atoms with Crippen molar-refractivity contribution in [3.05, 3.63) is 57.0 Å². The second-order valence-electron chi connectivity index (χ2n) is 7.34. The van der Waals surface area contributed by atoms with Crippen LogP contribution in [0.15, 0.2) is 35.4 Å². The smallest absolute Gasteiger partial charge is 0.319 e. The lowest BCUT2D eigenvalue weighted by molar-refractivity contribution is 0.207. The number of fused-ring (bicyclic) bond motifs is 3. The summed E-state index contributed by atoms with van der Waals surface area (Å²) in [4.78, 5) is 33.7. The van der Waals surface area contributed by atoms with Gasteiger partial charge in [0.25, 0.3) is 5.56 Å². The van der Waals surface area contributed by atoms with E-state index in [9.17, 15) is 9.59 Å². The van der Waals surface area contributed by atoms with Gasteiger partial charge in [0.1, 0.15) is 4.83 Å². The van der Waals surface area contributed by atoms with Crippen LogP contribution in [-0.4, -0.2) is 27.0 Å². The molecule has 2 aromatic heterocycles. The van der Waals surface area contributed by atoms with Crippen molar-refractivity contribution in [2.45, 2.75) is 38.8 Å². The van der Waals surface area contributed by atoms with E-state index in [1.54, 1.807) is 15.8 Å². The van der Waals surface area contributed by atoms with Crippen molar-refractivity contribution >= 4 is 33.3 Å². The topological polar surface area (TPSA) is 67.2 Å². The number of hydrogen-bond acceptors (Lipinski definition) is 4. The molecule has 2 amide bonds. The highest BCUT2D eigenvalue weighted by Gasteiger charge is 2.29. The molecule has 1 aliphatic carbocycles. The average Bonchev–Trinajstić information content (AvgIpc) is 3.41. The van der Waals surface area contributed by atoms with Gasteiger partial charge >= 0.3 is 6.03 Å². The van der Waals surface area contributed by atoms with Crippen molar-refractivity contribution in [1.29, 1.82) is 0 Å². The number of carbonyl (C=O) groups is 1. The van der Waals surface area contributed by atoms with Crippen LogP contribution < -0.4 is 10.9 Å². The van der Waals surface area contributed by atoms with Crippen molar-refractivity contribution < 1.29 is 4.79 Å². The number of anilines is 1. The number of rotatable bonds is 2. The van der Waals surface area contributed by atoms with Gasteiger partial charge in [-0.1, -0.05) is 12.1 Å². The van der Waals surface area contributed by atoms with Gasteiger partial charge in [-0.25, -0.2) is 9.78 Å². The van der Waals surface area contributed by atoms with Crippen molar-refractivity contribution in [2.75, 3.05) is 11.9 Å². The standard InChI is InChI=1S/C20H20N4O2S/c1-12-3-2-4-13(9-12)22-20(26)23-8-7-15-16(10-23)27-18-17(15)19(25)24(11-21-18)14-5-6-14/h2-4,9,11,14H,5-8,10H2,1H3,(H,22,26). The number of nitrogens with zero attached hydrogens (tertiary/aromatic N) is 3. The number of benzene rings is 1. The lowest BCUT2D eigenvalue weighted by Gasteiger charge is -2.27. The largest absolute Gasteiger partial charge is 0.322 e. The van der Waals surface area contributed by atoms with E-state index in [4.69, 9.17) is 0 Å². The zero-order valence-corrected chi connectivity index (χ0v) is 15.9. The highest BCUT2D eigenvalue weighted by atomic mass is 32.1. The number of nitrogens with one attached hydrogen (secondary N) is 1. The fourth-order valence-electron chi connectivity index (χ4n) is 3.71. The molecule has 0 atom stereocenters. The third-order valence-electron chi connectivity index (χ3n) is 5.28. The summed E-state index contributed by atoms with van der Waals surface area (Å²) in [6, 6.07) is 8.00. The summed E-state index contributed by atoms with van der Waals surface area (Å²) in [7, 11) is 0. The van der Waals surface area contributed by atoms with E-state index in [-0.39, 0.29) is 11.6 Å². The molecule has 0 radical (unpaired) electrons. The summed E-state index contributed by atoms with van der Waals surface area (Å²) in [6.45, 7) is 3.13. The highest BCUT2D eigenvalue weighted by Crippen LogP contribution is 2.36. The molecule has 3 heterocycles. The lowest BCUT2D eigenvalue weighted by atomic mass is 10.1. The first-order chi connectivity index (χ1) is 13.1. The van der Waals surface area contributed by atoms with Gasteiger partial charge < -0.3 is 10.2 Å². The Kier molecular flexibility index (Phi) is 3.79. The average molecular weight is 380 g/mol. The maximum absolute atomic E-state index is 12.9. The van der Waals surface area contributed by atoms with E-state index >= 15 is 0 Å². The molecular formula is C20H20N4O2S. The van der Waals surface area contributed by atoms with E-state index in [1.807, 2.05) is 31.2 Å². The van der Waals surface area contributed by atoms with Crippen molar-refractivity contribution in [3.63, 3.8) is 0 Å². The van der Waals surface area contributed by atoms with Crippen molar-refractivity contribution in [3.8, 4) is 0 Å². The number of hydrogen-bond donors (Lipinski definition) is 1. The van der Waals surface area contributed by atoms with Crippen LogP contribution in [0.5, 0.6) is 0 Å². The maximum atomic E-state index is 12.9. The Labute approximate surface area is 160 Å². The monoisotopic (exact) mass is 380 g/mol. The Balaban J connectivity index is 1.42. The van der Waals surface area contributed by atoms with Crippen molar-refractivity contribution in [1.82, 2.24) is 14.5 Å². The van der Waals surface area contributed by atoms with Gasteiger partial charge in [-0.2, -0.15) is 0 Å². The summed E-state index contributed by atoms with van der Waals surface area (Å²) in [5.74, 6) is 0. The molecule has 5 rings (SSSR count). The quantitative estimate of drug-likeness (QED) is 0.737. The van der Waals surface area contributed by atoms with Gasteiger partial charge in [-0.15, -0.1) is 11.3 Å². The van der Waals surface area contributed by atoms with Gasteiger partial charge in [0.05, 0.1) is 18.3 Å². The zero-order chi connectivity index (χ0) is 18.5. The van der Waals surface area contributed by atoms with E-state index in [1.165, 1.54) is 11.3 Å². The lowest BCUT2D eigenvalue weighted by Crippen LogP contribution is -2.38.